The Bertz CT molecular complexity index is 547. The van der Waals surface area contributed by atoms with Crippen molar-refractivity contribution in [3.63, 3.8) is 0 Å². The van der Waals surface area contributed by atoms with E-state index in [1.165, 1.54) is 24.1 Å². The van der Waals surface area contributed by atoms with Gasteiger partial charge >= 0.3 is 0 Å². The molecule has 7 heteroatoms. The van der Waals surface area contributed by atoms with E-state index in [0.29, 0.717) is 12.5 Å². The van der Waals surface area contributed by atoms with E-state index in [9.17, 15) is 4.21 Å². The molecule has 2 aliphatic rings. The Morgan fingerprint density at radius 3 is 2.77 bits per heavy atom. The van der Waals surface area contributed by atoms with Crippen molar-refractivity contribution < 1.29 is 8.76 Å². The molecule has 0 amide bonds. The van der Waals surface area contributed by atoms with Gasteiger partial charge in [-0.05, 0) is 51.6 Å². The summed E-state index contributed by atoms with van der Waals surface area (Å²) in [5, 5.41) is 6.65. The summed E-state index contributed by atoms with van der Waals surface area (Å²) >= 11 is -2.09. The van der Waals surface area contributed by atoms with E-state index in [1.807, 2.05) is 0 Å². The maximum Gasteiger partial charge on any atom is 0.203 e. The molecule has 1 aliphatic heterocycles. The summed E-state index contributed by atoms with van der Waals surface area (Å²) in [5.41, 5.74) is 2.41. The zero-order valence-corrected chi connectivity index (χ0v) is 13.7. The van der Waals surface area contributed by atoms with E-state index >= 15 is 0 Å². The minimum atomic E-state index is -2.09. The molecule has 0 saturated carbocycles. The Morgan fingerprint density at radius 2 is 2.00 bits per heavy atom. The molecule has 2 heterocycles. The Labute approximate surface area is 133 Å². The molecule has 22 heavy (non-hydrogen) atoms. The highest BCUT2D eigenvalue weighted by molar-refractivity contribution is 7.79. The molecule has 1 unspecified atom stereocenters. The lowest BCUT2D eigenvalue weighted by atomic mass is 9.93. The molecule has 0 spiro atoms. The van der Waals surface area contributed by atoms with Crippen LogP contribution in [-0.4, -0.2) is 39.9 Å². The highest BCUT2D eigenvalue weighted by atomic mass is 32.2. The topological polar surface area (TPSA) is 87.1 Å². The van der Waals surface area contributed by atoms with E-state index in [4.69, 9.17) is 14.5 Å². The third-order valence-electron chi connectivity index (χ3n) is 4.50. The number of aromatic nitrogens is 2. The quantitative estimate of drug-likeness (QED) is 0.560. The van der Waals surface area contributed by atoms with E-state index in [2.05, 4.69) is 10.6 Å². The minimum Gasteiger partial charge on any atom is -0.365 e. The predicted molar refractivity (Wildman–Crippen MR) is 89.0 cm³/mol. The molecule has 3 rings (SSSR count). The normalized spacial score (nSPS) is 20.4. The monoisotopic (exact) mass is 325 g/mol. The van der Waals surface area contributed by atoms with Gasteiger partial charge in [-0.2, -0.15) is 4.55 Å². The first kappa shape index (κ1) is 15.8. The largest absolute Gasteiger partial charge is 0.365 e. The molecule has 0 aromatic carbocycles. The van der Waals surface area contributed by atoms with Crippen LogP contribution in [0.4, 0.5) is 5.82 Å². The summed E-state index contributed by atoms with van der Waals surface area (Å²) in [6.07, 6.45) is 6.57. The number of anilines is 1. The second kappa shape index (κ2) is 7.48. The van der Waals surface area contributed by atoms with Crippen molar-refractivity contribution in [3.05, 3.63) is 17.1 Å². The Kier molecular flexibility index (Phi) is 5.38. The summed E-state index contributed by atoms with van der Waals surface area (Å²) in [7, 11) is 0. The third kappa shape index (κ3) is 3.83. The number of nitrogens with one attached hydrogen (secondary N) is 2. The van der Waals surface area contributed by atoms with Crippen molar-refractivity contribution in [1.82, 2.24) is 15.3 Å². The maximum atomic E-state index is 10.9. The lowest BCUT2D eigenvalue weighted by Gasteiger charge is -2.25. The summed E-state index contributed by atoms with van der Waals surface area (Å²) in [4.78, 5) is 9.63. The van der Waals surface area contributed by atoms with Gasteiger partial charge < -0.3 is 10.6 Å². The van der Waals surface area contributed by atoms with Crippen LogP contribution >= 0.6 is 0 Å². The van der Waals surface area contributed by atoms with Crippen LogP contribution in [0.1, 0.15) is 48.7 Å². The van der Waals surface area contributed by atoms with Gasteiger partial charge in [-0.15, -0.1) is 0 Å². The average Bonchev–Trinajstić information content (AvgIpc) is 2.55. The van der Waals surface area contributed by atoms with Crippen LogP contribution in [-0.2, 0) is 28.1 Å². The average molecular weight is 325 g/mol. The van der Waals surface area contributed by atoms with Crippen LogP contribution in [0.2, 0.25) is 0 Å². The number of aryl methyl sites for hydroxylation is 1. The number of hydrogen-bond acceptors (Lipinski definition) is 5. The van der Waals surface area contributed by atoms with Gasteiger partial charge in [0.1, 0.15) is 11.6 Å². The minimum absolute atomic E-state index is 0.261. The third-order valence-corrected chi connectivity index (χ3v) is 5.11. The zero-order chi connectivity index (χ0) is 15.4. The molecule has 0 radical (unpaired) electrons. The van der Waals surface area contributed by atoms with E-state index < -0.39 is 11.1 Å². The van der Waals surface area contributed by atoms with Gasteiger partial charge in [0, 0.05) is 17.2 Å². The molecule has 1 atom stereocenters. The molecule has 1 aromatic rings. The number of nitrogens with zero attached hydrogens (tertiary/aromatic N) is 2. The number of rotatable bonds is 5. The van der Waals surface area contributed by atoms with Crippen LogP contribution in [0.5, 0.6) is 0 Å². The van der Waals surface area contributed by atoms with Crippen molar-refractivity contribution >= 4 is 16.9 Å². The second-order valence-electron chi connectivity index (χ2n) is 6.09. The maximum absolute atomic E-state index is 10.9. The molecule has 3 N–H and O–H groups in total. The van der Waals surface area contributed by atoms with Crippen LogP contribution in [0.3, 0.4) is 0 Å². The standard InChI is InChI=1S/C15H24N4O2S/c20-22(21)10-9-17-15-12-3-1-2-4-13(12)18-14(19-15)11-5-7-16-8-6-11/h11,16H,1-10H2,(H,20,21)(H,17,18,19)/p+1. The Hall–Kier alpha value is -1.05. The number of fused-ring (bicyclic) bond motifs is 1. The van der Waals surface area contributed by atoms with Crippen molar-refractivity contribution in [3.8, 4) is 0 Å². The van der Waals surface area contributed by atoms with Crippen LogP contribution in [0.25, 0.3) is 0 Å². The first-order valence-electron chi connectivity index (χ1n) is 8.22. The lowest BCUT2D eigenvalue weighted by Crippen LogP contribution is -2.28. The van der Waals surface area contributed by atoms with Gasteiger partial charge in [-0.3, -0.25) is 0 Å². The lowest BCUT2D eigenvalue weighted by molar-refractivity contribution is 0.442. The fourth-order valence-corrected chi connectivity index (χ4v) is 3.60. The predicted octanol–water partition coefficient (Wildman–Crippen LogP) is 1.40. The van der Waals surface area contributed by atoms with Gasteiger partial charge in [-0.1, -0.05) is 4.21 Å². The highest BCUT2D eigenvalue weighted by Crippen LogP contribution is 2.29. The first-order chi connectivity index (χ1) is 10.7. The van der Waals surface area contributed by atoms with Gasteiger partial charge in [0.05, 0.1) is 6.54 Å². The van der Waals surface area contributed by atoms with Crippen LogP contribution in [0, 0.1) is 0 Å². The molecule has 1 fully saturated rings. The molecule has 1 saturated heterocycles. The summed E-state index contributed by atoms with van der Waals surface area (Å²) in [6.45, 7) is 2.54. The van der Waals surface area contributed by atoms with Crippen molar-refractivity contribution in [2.45, 2.75) is 44.4 Å². The number of piperidine rings is 1. The van der Waals surface area contributed by atoms with Gasteiger partial charge in [0.15, 0.2) is 5.75 Å². The summed E-state index contributed by atoms with van der Waals surface area (Å²) < 4.78 is 19.8. The zero-order valence-electron chi connectivity index (χ0n) is 12.8. The molecule has 122 valence electrons. The fraction of sp³-hybridized carbons (Fsp3) is 0.733. The first-order valence-corrected chi connectivity index (χ1v) is 9.61. The number of thiol groups is 1. The molecular weight excluding hydrogens is 300 g/mol. The SMILES string of the molecule is O=[SH+](O)CCNc1nc(C2CCNCC2)nc2c1CCCC2. The summed E-state index contributed by atoms with van der Waals surface area (Å²) in [6, 6.07) is 0. The van der Waals surface area contributed by atoms with E-state index in [0.717, 1.165) is 50.4 Å². The molecule has 0 bridgehead atoms. The Morgan fingerprint density at radius 1 is 1.23 bits per heavy atom. The second-order valence-corrected chi connectivity index (χ2v) is 7.24. The van der Waals surface area contributed by atoms with E-state index in [1.54, 1.807) is 0 Å². The fourth-order valence-electron chi connectivity index (χ4n) is 3.29. The van der Waals surface area contributed by atoms with Crippen LogP contribution in [0.15, 0.2) is 0 Å². The van der Waals surface area contributed by atoms with E-state index in [-0.39, 0.29) is 5.75 Å². The van der Waals surface area contributed by atoms with Crippen molar-refractivity contribution in [2.24, 2.45) is 0 Å². The van der Waals surface area contributed by atoms with Gasteiger partial charge in [0.25, 0.3) is 0 Å². The van der Waals surface area contributed by atoms with Crippen LogP contribution < -0.4 is 10.6 Å². The van der Waals surface area contributed by atoms with Crippen molar-refractivity contribution in [1.29, 1.82) is 0 Å². The molecular formula is C15H25N4O2S+. The number of hydrogen-bond donors (Lipinski definition) is 3. The molecule has 1 aromatic heterocycles. The van der Waals surface area contributed by atoms with Gasteiger partial charge in [0.2, 0.25) is 11.1 Å². The summed E-state index contributed by atoms with van der Waals surface area (Å²) in [5.74, 6) is 2.55. The van der Waals surface area contributed by atoms with Gasteiger partial charge in [-0.25, -0.2) is 9.97 Å². The molecule has 1 aliphatic carbocycles. The Balaban J connectivity index is 1.83. The smallest absolute Gasteiger partial charge is 0.203 e. The molecule has 6 nitrogen and oxygen atoms in total. The highest BCUT2D eigenvalue weighted by Gasteiger charge is 2.23. The van der Waals surface area contributed by atoms with Crippen molar-refractivity contribution in [2.75, 3.05) is 30.7 Å².